The van der Waals surface area contributed by atoms with E-state index >= 15 is 0 Å². The van der Waals surface area contributed by atoms with Gasteiger partial charge in [0.25, 0.3) is 0 Å². The van der Waals surface area contributed by atoms with Gasteiger partial charge in [-0.15, -0.1) is 0 Å². The van der Waals surface area contributed by atoms with E-state index < -0.39 is 9.84 Å². The highest BCUT2D eigenvalue weighted by molar-refractivity contribution is 7.91. The van der Waals surface area contributed by atoms with E-state index in [9.17, 15) is 8.42 Å². The van der Waals surface area contributed by atoms with Crippen LogP contribution in [0, 0.1) is 0 Å². The molecule has 2 N–H and O–H groups in total. The van der Waals surface area contributed by atoms with E-state index in [4.69, 9.17) is 5.73 Å². The Bertz CT molecular complexity index is 739. The van der Waals surface area contributed by atoms with Crippen molar-refractivity contribution in [2.24, 2.45) is 5.73 Å². The Labute approximate surface area is 132 Å². The minimum atomic E-state index is -3.27. The minimum Gasteiger partial charge on any atom is -0.377 e. The summed E-state index contributed by atoms with van der Waals surface area (Å²) in [5.41, 5.74) is 6.48. The van der Waals surface area contributed by atoms with Crippen LogP contribution in [0.2, 0.25) is 0 Å². The fraction of sp³-hybridized carbons (Fsp3) is 0.412. The lowest BCUT2D eigenvalue weighted by Crippen LogP contribution is -2.11. The normalized spacial score (nSPS) is 11.8. The van der Waals surface area contributed by atoms with E-state index in [0.29, 0.717) is 17.9 Å². The summed E-state index contributed by atoms with van der Waals surface area (Å²) >= 11 is 0. The molecule has 0 radical (unpaired) electrons. The molecular weight excluding hydrogens is 296 g/mol. The Morgan fingerprint density at radius 3 is 2.32 bits per heavy atom. The monoisotopic (exact) mass is 320 g/mol. The molecule has 2 aromatic carbocycles. The van der Waals surface area contributed by atoms with Crippen LogP contribution in [0.5, 0.6) is 0 Å². The number of benzene rings is 2. The summed E-state index contributed by atoms with van der Waals surface area (Å²) in [5.74, 6) is 0.179. The van der Waals surface area contributed by atoms with Gasteiger partial charge >= 0.3 is 0 Å². The molecular formula is C17H24N2O2S. The summed E-state index contributed by atoms with van der Waals surface area (Å²) in [4.78, 5) is 2.43. The molecule has 0 saturated carbocycles. The van der Waals surface area contributed by atoms with Gasteiger partial charge in [-0.1, -0.05) is 30.7 Å². The van der Waals surface area contributed by atoms with Crippen molar-refractivity contribution in [2.45, 2.75) is 24.2 Å². The summed E-state index contributed by atoms with van der Waals surface area (Å²) in [7, 11) is 0.653. The molecule has 0 saturated heterocycles. The zero-order valence-corrected chi connectivity index (χ0v) is 14.1. The van der Waals surface area contributed by atoms with Gasteiger partial charge in [-0.3, -0.25) is 0 Å². The van der Waals surface area contributed by atoms with Crippen LogP contribution in [0.4, 0.5) is 5.69 Å². The second-order valence-electron chi connectivity index (χ2n) is 5.69. The Balaban J connectivity index is 2.41. The zero-order chi connectivity index (χ0) is 16.2. The van der Waals surface area contributed by atoms with Gasteiger partial charge in [-0.05, 0) is 31.5 Å². The molecule has 0 aliphatic carbocycles. The van der Waals surface area contributed by atoms with Crippen LogP contribution < -0.4 is 10.6 Å². The average Bonchev–Trinajstić information content (AvgIpc) is 2.50. The van der Waals surface area contributed by atoms with Crippen molar-refractivity contribution in [3.63, 3.8) is 0 Å². The molecule has 4 nitrogen and oxygen atoms in total. The number of sulfone groups is 1. The van der Waals surface area contributed by atoms with E-state index in [-0.39, 0.29) is 5.75 Å². The highest BCUT2D eigenvalue weighted by Gasteiger charge is 2.18. The van der Waals surface area contributed by atoms with Crippen molar-refractivity contribution in [1.29, 1.82) is 0 Å². The smallest absolute Gasteiger partial charge is 0.178 e. The quantitative estimate of drug-likeness (QED) is 0.797. The summed E-state index contributed by atoms with van der Waals surface area (Å²) in [6.07, 6.45) is 2.38. The molecule has 2 rings (SSSR count). The Kier molecular flexibility index (Phi) is 5.42. The van der Waals surface area contributed by atoms with Gasteiger partial charge in [0.05, 0.1) is 10.6 Å². The molecule has 120 valence electrons. The highest BCUT2D eigenvalue weighted by atomic mass is 32.2. The molecule has 0 fully saturated rings. The van der Waals surface area contributed by atoms with Gasteiger partial charge in [0.15, 0.2) is 9.84 Å². The maximum atomic E-state index is 12.6. The van der Waals surface area contributed by atoms with Crippen molar-refractivity contribution in [3.05, 3.63) is 36.4 Å². The second kappa shape index (κ2) is 7.11. The predicted octanol–water partition coefficient (Wildman–Crippen LogP) is 2.81. The lowest BCUT2D eigenvalue weighted by atomic mass is 10.1. The molecule has 0 heterocycles. The van der Waals surface area contributed by atoms with Crippen LogP contribution in [0.25, 0.3) is 10.8 Å². The summed E-state index contributed by atoms with van der Waals surface area (Å²) in [6.45, 7) is 0.612. The van der Waals surface area contributed by atoms with E-state index in [1.54, 1.807) is 6.07 Å². The predicted molar refractivity (Wildman–Crippen MR) is 93.2 cm³/mol. The van der Waals surface area contributed by atoms with Crippen molar-refractivity contribution in [2.75, 3.05) is 31.3 Å². The van der Waals surface area contributed by atoms with Gasteiger partial charge in [0, 0.05) is 30.6 Å². The first-order chi connectivity index (χ1) is 10.5. The number of nitrogens with two attached hydrogens (primary N) is 1. The lowest BCUT2D eigenvalue weighted by molar-refractivity contribution is 0.591. The number of fused-ring (bicyclic) bond motifs is 1. The second-order valence-corrected chi connectivity index (χ2v) is 7.77. The Hall–Kier alpha value is -1.59. The van der Waals surface area contributed by atoms with E-state index in [0.717, 1.165) is 29.3 Å². The lowest BCUT2D eigenvalue weighted by Gasteiger charge is -2.17. The topological polar surface area (TPSA) is 63.4 Å². The highest BCUT2D eigenvalue weighted by Crippen LogP contribution is 2.30. The third-order valence-corrected chi connectivity index (χ3v) is 5.65. The van der Waals surface area contributed by atoms with Crippen LogP contribution in [0.1, 0.15) is 19.3 Å². The molecule has 0 unspecified atom stereocenters. The summed E-state index contributed by atoms with van der Waals surface area (Å²) < 4.78 is 25.3. The standard InChI is InChI=1S/C17H24N2O2S/c1-19(2)16-10-6-9-15-14(16)8-7-11-17(15)22(20,21)13-5-3-4-12-18/h6-11H,3-5,12-13,18H2,1-2H3. The first-order valence-corrected chi connectivity index (χ1v) is 9.24. The Morgan fingerprint density at radius 1 is 0.955 bits per heavy atom. The number of rotatable bonds is 7. The fourth-order valence-electron chi connectivity index (χ4n) is 2.65. The fourth-order valence-corrected chi connectivity index (χ4v) is 4.25. The van der Waals surface area contributed by atoms with Crippen LogP contribution >= 0.6 is 0 Å². The van der Waals surface area contributed by atoms with Crippen molar-refractivity contribution < 1.29 is 8.42 Å². The van der Waals surface area contributed by atoms with Crippen LogP contribution in [0.15, 0.2) is 41.3 Å². The number of nitrogens with zero attached hydrogens (tertiary/aromatic N) is 1. The maximum absolute atomic E-state index is 12.6. The Morgan fingerprint density at radius 2 is 1.64 bits per heavy atom. The van der Waals surface area contributed by atoms with Gasteiger partial charge < -0.3 is 10.6 Å². The minimum absolute atomic E-state index is 0.179. The largest absolute Gasteiger partial charge is 0.377 e. The molecule has 5 heteroatoms. The van der Waals surface area contributed by atoms with Gasteiger partial charge in [0.2, 0.25) is 0 Å². The van der Waals surface area contributed by atoms with Crippen molar-refractivity contribution >= 4 is 26.3 Å². The number of hydrogen-bond donors (Lipinski definition) is 1. The van der Waals surface area contributed by atoms with Gasteiger partial charge in [-0.2, -0.15) is 0 Å². The summed E-state index contributed by atoms with van der Waals surface area (Å²) in [5, 5.41) is 1.77. The molecule has 0 aliphatic rings. The molecule has 0 amide bonds. The summed E-state index contributed by atoms with van der Waals surface area (Å²) in [6, 6.07) is 11.3. The molecule has 0 spiro atoms. The third kappa shape index (κ3) is 3.59. The number of unbranched alkanes of at least 4 members (excludes halogenated alkanes) is 2. The molecule has 2 aromatic rings. The first-order valence-electron chi connectivity index (χ1n) is 7.59. The number of hydrogen-bond acceptors (Lipinski definition) is 4. The van der Waals surface area contributed by atoms with E-state index in [1.807, 2.05) is 49.3 Å². The molecule has 22 heavy (non-hydrogen) atoms. The average molecular weight is 320 g/mol. The van der Waals surface area contributed by atoms with Gasteiger partial charge in [-0.25, -0.2) is 8.42 Å². The van der Waals surface area contributed by atoms with Crippen LogP contribution in [-0.4, -0.2) is 34.8 Å². The first kappa shape index (κ1) is 16.8. The molecule has 0 aromatic heterocycles. The SMILES string of the molecule is CN(C)c1cccc2c(S(=O)(=O)CCCCCN)cccc12. The van der Waals surface area contributed by atoms with E-state index in [1.165, 1.54) is 0 Å². The molecule has 0 atom stereocenters. The van der Waals surface area contributed by atoms with E-state index in [2.05, 4.69) is 0 Å². The number of anilines is 1. The van der Waals surface area contributed by atoms with Crippen molar-refractivity contribution in [3.8, 4) is 0 Å². The zero-order valence-electron chi connectivity index (χ0n) is 13.2. The molecule has 0 aliphatic heterocycles. The third-order valence-electron chi connectivity index (χ3n) is 3.79. The van der Waals surface area contributed by atoms with Crippen LogP contribution in [0.3, 0.4) is 0 Å². The van der Waals surface area contributed by atoms with Crippen molar-refractivity contribution in [1.82, 2.24) is 0 Å². The maximum Gasteiger partial charge on any atom is 0.178 e. The molecule has 0 bridgehead atoms. The van der Waals surface area contributed by atoms with Gasteiger partial charge in [0.1, 0.15) is 0 Å². The van der Waals surface area contributed by atoms with Crippen LogP contribution in [-0.2, 0) is 9.84 Å².